The highest BCUT2D eigenvalue weighted by Crippen LogP contribution is 2.22. The van der Waals surface area contributed by atoms with Gasteiger partial charge >= 0.3 is 0 Å². The number of hydrogen-bond donors (Lipinski definition) is 0. The van der Waals surface area contributed by atoms with E-state index in [0.29, 0.717) is 19.5 Å². The Morgan fingerprint density at radius 2 is 2.23 bits per heavy atom. The number of nitrogens with zero attached hydrogens (tertiary/aromatic N) is 2. The standard InChI is InChI=1S/C15H24N2O4S/c1-12(2)20-9-10-22(18,19)17-8-6-14(11-17)21-15-5-4-7-16-13(15)3/h4-5,7,12,14H,6,8-11H2,1-3H3. The first kappa shape index (κ1) is 17.2. The van der Waals surface area contributed by atoms with Crippen molar-refractivity contribution < 1.29 is 17.9 Å². The van der Waals surface area contributed by atoms with Crippen LogP contribution in [0.25, 0.3) is 0 Å². The minimum absolute atomic E-state index is 0.0177. The molecular weight excluding hydrogens is 304 g/mol. The highest BCUT2D eigenvalue weighted by Gasteiger charge is 2.32. The van der Waals surface area contributed by atoms with Crippen LogP contribution in [0.15, 0.2) is 18.3 Å². The van der Waals surface area contributed by atoms with Crippen molar-refractivity contribution in [1.82, 2.24) is 9.29 Å². The second-order valence-electron chi connectivity index (χ2n) is 5.71. The van der Waals surface area contributed by atoms with E-state index >= 15 is 0 Å². The van der Waals surface area contributed by atoms with Gasteiger partial charge in [0, 0.05) is 12.7 Å². The summed E-state index contributed by atoms with van der Waals surface area (Å²) in [4.78, 5) is 4.17. The van der Waals surface area contributed by atoms with E-state index in [1.807, 2.05) is 32.9 Å². The Kier molecular flexibility index (Phi) is 5.77. The van der Waals surface area contributed by atoms with Crippen LogP contribution in [0.3, 0.4) is 0 Å². The Morgan fingerprint density at radius 1 is 1.45 bits per heavy atom. The molecule has 0 aliphatic carbocycles. The molecule has 1 saturated heterocycles. The first-order valence-corrected chi connectivity index (χ1v) is 9.17. The maximum absolute atomic E-state index is 12.3. The van der Waals surface area contributed by atoms with Crippen molar-refractivity contribution in [2.75, 3.05) is 25.4 Å². The van der Waals surface area contributed by atoms with E-state index < -0.39 is 10.0 Å². The van der Waals surface area contributed by atoms with Crippen molar-refractivity contribution in [3.8, 4) is 5.75 Å². The van der Waals surface area contributed by atoms with E-state index in [1.165, 1.54) is 4.31 Å². The van der Waals surface area contributed by atoms with Gasteiger partial charge < -0.3 is 9.47 Å². The molecule has 0 saturated carbocycles. The van der Waals surface area contributed by atoms with Gasteiger partial charge in [-0.05, 0) is 39.3 Å². The molecule has 0 bridgehead atoms. The molecule has 0 spiro atoms. The molecule has 1 fully saturated rings. The van der Waals surface area contributed by atoms with Crippen LogP contribution in [0.5, 0.6) is 5.75 Å². The van der Waals surface area contributed by atoms with E-state index in [0.717, 1.165) is 11.4 Å². The number of hydrogen-bond acceptors (Lipinski definition) is 5. The largest absolute Gasteiger partial charge is 0.487 e. The van der Waals surface area contributed by atoms with Gasteiger partial charge in [0.25, 0.3) is 0 Å². The summed E-state index contributed by atoms with van der Waals surface area (Å²) in [6.07, 6.45) is 2.32. The van der Waals surface area contributed by atoms with E-state index in [-0.39, 0.29) is 24.6 Å². The third-order valence-corrected chi connectivity index (χ3v) is 5.35. The van der Waals surface area contributed by atoms with E-state index in [2.05, 4.69) is 4.98 Å². The Labute approximate surface area is 132 Å². The van der Waals surface area contributed by atoms with Crippen LogP contribution in [0.4, 0.5) is 0 Å². The summed E-state index contributed by atoms with van der Waals surface area (Å²) in [6, 6.07) is 3.67. The molecule has 2 rings (SSSR count). The van der Waals surface area contributed by atoms with Crippen molar-refractivity contribution in [3.63, 3.8) is 0 Å². The second-order valence-corrected chi connectivity index (χ2v) is 7.80. The monoisotopic (exact) mass is 328 g/mol. The van der Waals surface area contributed by atoms with E-state index in [9.17, 15) is 8.42 Å². The second kappa shape index (κ2) is 7.39. The van der Waals surface area contributed by atoms with Crippen LogP contribution in [0, 0.1) is 6.92 Å². The molecule has 1 aliphatic heterocycles. The van der Waals surface area contributed by atoms with E-state index in [1.54, 1.807) is 6.20 Å². The average Bonchev–Trinajstić information content (AvgIpc) is 2.90. The predicted molar refractivity (Wildman–Crippen MR) is 84.5 cm³/mol. The summed E-state index contributed by atoms with van der Waals surface area (Å²) in [7, 11) is -3.28. The average molecular weight is 328 g/mol. The van der Waals surface area contributed by atoms with Crippen LogP contribution >= 0.6 is 0 Å². The van der Waals surface area contributed by atoms with Gasteiger partial charge in [-0.2, -0.15) is 4.31 Å². The van der Waals surface area contributed by atoms with Crippen molar-refractivity contribution >= 4 is 10.0 Å². The fourth-order valence-electron chi connectivity index (χ4n) is 2.34. The lowest BCUT2D eigenvalue weighted by molar-refractivity contribution is 0.0907. The van der Waals surface area contributed by atoms with Crippen LogP contribution in [-0.2, 0) is 14.8 Å². The molecule has 7 heteroatoms. The molecular formula is C15H24N2O4S. The smallest absolute Gasteiger partial charge is 0.216 e. The van der Waals surface area contributed by atoms with Gasteiger partial charge in [0.2, 0.25) is 10.0 Å². The lowest BCUT2D eigenvalue weighted by Crippen LogP contribution is -2.34. The molecule has 0 amide bonds. The van der Waals surface area contributed by atoms with Crippen LogP contribution in [-0.4, -0.2) is 55.4 Å². The van der Waals surface area contributed by atoms with Crippen molar-refractivity contribution in [2.45, 2.75) is 39.4 Å². The first-order valence-electron chi connectivity index (χ1n) is 7.56. The molecule has 0 radical (unpaired) electrons. The first-order chi connectivity index (χ1) is 10.4. The molecule has 1 atom stereocenters. The van der Waals surface area contributed by atoms with E-state index in [4.69, 9.17) is 9.47 Å². The fourth-order valence-corrected chi connectivity index (χ4v) is 3.68. The molecule has 124 valence electrons. The normalized spacial score (nSPS) is 19.7. The SMILES string of the molecule is Cc1ncccc1OC1CCN(S(=O)(=O)CCOC(C)C)C1. The molecule has 22 heavy (non-hydrogen) atoms. The van der Waals surface area contributed by atoms with Gasteiger partial charge in [-0.15, -0.1) is 0 Å². The van der Waals surface area contributed by atoms with Gasteiger partial charge in [-0.3, -0.25) is 4.98 Å². The molecule has 6 nitrogen and oxygen atoms in total. The zero-order valence-electron chi connectivity index (χ0n) is 13.4. The zero-order chi connectivity index (χ0) is 16.2. The van der Waals surface area contributed by atoms with Crippen LogP contribution in [0.2, 0.25) is 0 Å². The summed E-state index contributed by atoms with van der Waals surface area (Å²) in [5.74, 6) is 0.735. The third-order valence-electron chi connectivity index (χ3n) is 3.55. The lowest BCUT2D eigenvalue weighted by Gasteiger charge is -2.18. The van der Waals surface area contributed by atoms with Gasteiger partial charge in [0.15, 0.2) is 0 Å². The zero-order valence-corrected chi connectivity index (χ0v) is 14.2. The number of pyridine rings is 1. The summed E-state index contributed by atoms with van der Waals surface area (Å²) < 4.78 is 37.2. The summed E-state index contributed by atoms with van der Waals surface area (Å²) in [6.45, 7) is 6.77. The molecule has 1 aromatic rings. The summed E-state index contributed by atoms with van der Waals surface area (Å²) in [5.41, 5.74) is 0.814. The van der Waals surface area contributed by atoms with Crippen molar-refractivity contribution in [3.05, 3.63) is 24.0 Å². The Balaban J connectivity index is 1.88. The van der Waals surface area contributed by atoms with Gasteiger partial charge in [0.05, 0.1) is 30.7 Å². The minimum Gasteiger partial charge on any atom is -0.487 e. The number of sulfonamides is 1. The Morgan fingerprint density at radius 3 is 2.91 bits per heavy atom. The highest BCUT2D eigenvalue weighted by molar-refractivity contribution is 7.89. The fraction of sp³-hybridized carbons (Fsp3) is 0.667. The molecule has 1 aromatic heterocycles. The topological polar surface area (TPSA) is 68.7 Å². The predicted octanol–water partition coefficient (Wildman–Crippen LogP) is 1.60. The Hall–Kier alpha value is -1.18. The quantitative estimate of drug-likeness (QED) is 0.760. The minimum atomic E-state index is -3.28. The third kappa shape index (κ3) is 4.66. The number of rotatable bonds is 7. The molecule has 1 unspecified atom stereocenters. The summed E-state index contributed by atoms with van der Waals surface area (Å²) in [5, 5.41) is 0. The molecule has 2 heterocycles. The number of aromatic nitrogens is 1. The van der Waals surface area contributed by atoms with Gasteiger partial charge in [0.1, 0.15) is 11.9 Å². The van der Waals surface area contributed by atoms with Crippen molar-refractivity contribution in [2.24, 2.45) is 0 Å². The molecule has 1 aliphatic rings. The van der Waals surface area contributed by atoms with Crippen LogP contribution in [0.1, 0.15) is 26.0 Å². The summed E-state index contributed by atoms with van der Waals surface area (Å²) >= 11 is 0. The number of aryl methyl sites for hydroxylation is 1. The lowest BCUT2D eigenvalue weighted by atomic mass is 10.3. The van der Waals surface area contributed by atoms with Gasteiger partial charge in [-0.25, -0.2) is 8.42 Å². The number of ether oxygens (including phenoxy) is 2. The molecule has 0 aromatic carbocycles. The maximum atomic E-state index is 12.3. The van der Waals surface area contributed by atoms with Crippen LogP contribution < -0.4 is 4.74 Å². The Bertz CT molecular complexity index is 589. The van der Waals surface area contributed by atoms with Crippen molar-refractivity contribution in [1.29, 1.82) is 0 Å². The molecule has 0 N–H and O–H groups in total. The highest BCUT2D eigenvalue weighted by atomic mass is 32.2. The maximum Gasteiger partial charge on any atom is 0.216 e. The van der Waals surface area contributed by atoms with Gasteiger partial charge in [-0.1, -0.05) is 0 Å².